The van der Waals surface area contributed by atoms with Gasteiger partial charge in [-0.1, -0.05) is 11.6 Å². The first-order valence-corrected chi connectivity index (χ1v) is 6.19. The van der Waals surface area contributed by atoms with Crippen LogP contribution in [0.15, 0.2) is 10.5 Å². The van der Waals surface area contributed by atoms with Crippen molar-refractivity contribution in [3.63, 3.8) is 0 Å². The number of nitrogens with one attached hydrogen (secondary N) is 1. The maximum atomic E-state index is 11.6. The molecule has 0 saturated carbocycles. The lowest BCUT2D eigenvalue weighted by atomic mass is 10.2. The Kier molecular flexibility index (Phi) is 4.38. The molecule has 0 aromatic carbocycles. The molecule has 0 aliphatic carbocycles. The Balaban J connectivity index is 2.82. The number of carbonyl (C=O) groups excluding carboxylic acids is 1. The van der Waals surface area contributed by atoms with E-state index in [2.05, 4.69) is 26.2 Å². The fourth-order valence-corrected chi connectivity index (χ4v) is 1.59. The van der Waals surface area contributed by atoms with Gasteiger partial charge in [-0.15, -0.1) is 0 Å². The van der Waals surface area contributed by atoms with Gasteiger partial charge in [0, 0.05) is 0 Å². The number of anilines is 1. The second-order valence-corrected chi connectivity index (χ2v) is 5.73. The molecule has 0 aliphatic rings. The summed E-state index contributed by atoms with van der Waals surface area (Å²) in [6.45, 7) is 7.16. The number of hydrogen-bond acceptors (Lipinski definition) is 3. The monoisotopic (exact) mass is 320 g/mol. The van der Waals surface area contributed by atoms with Gasteiger partial charge in [-0.25, -0.2) is 9.78 Å². The lowest BCUT2D eigenvalue weighted by Crippen LogP contribution is -2.27. The van der Waals surface area contributed by atoms with Crippen LogP contribution in [-0.4, -0.2) is 16.7 Å². The van der Waals surface area contributed by atoms with Gasteiger partial charge in [0.2, 0.25) is 0 Å². The van der Waals surface area contributed by atoms with Crippen molar-refractivity contribution in [2.24, 2.45) is 0 Å². The van der Waals surface area contributed by atoms with Crippen LogP contribution < -0.4 is 5.32 Å². The zero-order valence-electron chi connectivity index (χ0n) is 10.1. The predicted octanol–water partition coefficient (Wildman–Crippen LogP) is 4.15. The zero-order valence-corrected chi connectivity index (χ0v) is 12.4. The van der Waals surface area contributed by atoms with Crippen LogP contribution in [0.3, 0.4) is 0 Å². The molecule has 1 N–H and O–H groups in total. The standard InChI is InChI=1S/C11H14BrClN2O2/c1-6-8(5-7(12)9(13)14-6)15-10(16)17-11(2,3)4/h5H,1-4H3,(H,15,16). The summed E-state index contributed by atoms with van der Waals surface area (Å²) in [5.74, 6) is 0. The van der Waals surface area contributed by atoms with E-state index >= 15 is 0 Å². The number of aryl methyl sites for hydroxylation is 1. The highest BCUT2D eigenvalue weighted by molar-refractivity contribution is 9.10. The summed E-state index contributed by atoms with van der Waals surface area (Å²) < 4.78 is 5.76. The number of rotatable bonds is 1. The predicted molar refractivity (Wildman–Crippen MR) is 71.5 cm³/mol. The smallest absolute Gasteiger partial charge is 0.412 e. The number of ether oxygens (including phenoxy) is 1. The van der Waals surface area contributed by atoms with Gasteiger partial charge < -0.3 is 4.74 Å². The van der Waals surface area contributed by atoms with Crippen molar-refractivity contribution in [3.05, 3.63) is 21.4 Å². The summed E-state index contributed by atoms with van der Waals surface area (Å²) >= 11 is 9.07. The lowest BCUT2D eigenvalue weighted by molar-refractivity contribution is 0.0635. The van der Waals surface area contributed by atoms with Gasteiger partial charge >= 0.3 is 6.09 Å². The topological polar surface area (TPSA) is 51.2 Å². The van der Waals surface area contributed by atoms with E-state index in [1.165, 1.54) is 0 Å². The lowest BCUT2D eigenvalue weighted by Gasteiger charge is -2.20. The molecule has 1 amide bonds. The van der Waals surface area contributed by atoms with Gasteiger partial charge in [-0.3, -0.25) is 5.32 Å². The maximum absolute atomic E-state index is 11.6. The van der Waals surface area contributed by atoms with Crippen LogP contribution in [0.1, 0.15) is 26.5 Å². The van der Waals surface area contributed by atoms with Crippen LogP contribution in [0.4, 0.5) is 10.5 Å². The molecule has 1 rings (SSSR count). The Morgan fingerprint density at radius 1 is 1.53 bits per heavy atom. The molecule has 6 heteroatoms. The average Bonchev–Trinajstić information content (AvgIpc) is 2.11. The molecule has 0 saturated heterocycles. The summed E-state index contributed by atoms with van der Waals surface area (Å²) in [5.41, 5.74) is 0.661. The van der Waals surface area contributed by atoms with Gasteiger partial charge in [0.25, 0.3) is 0 Å². The number of halogens is 2. The highest BCUT2D eigenvalue weighted by Crippen LogP contribution is 2.26. The Morgan fingerprint density at radius 2 is 2.12 bits per heavy atom. The highest BCUT2D eigenvalue weighted by Gasteiger charge is 2.17. The van der Waals surface area contributed by atoms with Crippen molar-refractivity contribution in [2.45, 2.75) is 33.3 Å². The van der Waals surface area contributed by atoms with E-state index in [4.69, 9.17) is 16.3 Å². The van der Waals surface area contributed by atoms with Crippen molar-refractivity contribution in [3.8, 4) is 0 Å². The molecular weight excluding hydrogens is 307 g/mol. The van der Waals surface area contributed by atoms with Gasteiger partial charge in [0.05, 0.1) is 15.9 Å². The number of aromatic nitrogens is 1. The first-order valence-electron chi connectivity index (χ1n) is 5.01. The zero-order chi connectivity index (χ0) is 13.2. The number of amides is 1. The minimum absolute atomic E-state index is 0.359. The van der Waals surface area contributed by atoms with E-state index in [0.29, 0.717) is 21.0 Å². The third kappa shape index (κ3) is 4.52. The average molecular weight is 322 g/mol. The summed E-state index contributed by atoms with van der Waals surface area (Å²) in [6.07, 6.45) is -0.517. The Morgan fingerprint density at radius 3 is 2.65 bits per heavy atom. The van der Waals surface area contributed by atoms with Crippen LogP contribution in [0.2, 0.25) is 5.15 Å². The van der Waals surface area contributed by atoms with Crippen molar-refractivity contribution in [2.75, 3.05) is 5.32 Å². The van der Waals surface area contributed by atoms with E-state index in [1.807, 2.05) is 0 Å². The molecule has 0 spiro atoms. The van der Waals surface area contributed by atoms with Crippen LogP contribution in [0.25, 0.3) is 0 Å². The van der Waals surface area contributed by atoms with E-state index in [9.17, 15) is 4.79 Å². The Hall–Kier alpha value is -0.810. The Labute approximate surface area is 114 Å². The molecule has 0 atom stereocenters. The van der Waals surface area contributed by atoms with Crippen molar-refractivity contribution >= 4 is 39.3 Å². The third-order valence-electron chi connectivity index (χ3n) is 1.76. The molecule has 0 unspecified atom stereocenters. The quantitative estimate of drug-likeness (QED) is 0.790. The van der Waals surface area contributed by atoms with E-state index in [0.717, 1.165) is 0 Å². The minimum atomic E-state index is -0.533. The SMILES string of the molecule is Cc1nc(Cl)c(Br)cc1NC(=O)OC(C)(C)C. The summed E-state index contributed by atoms with van der Waals surface area (Å²) in [4.78, 5) is 15.6. The van der Waals surface area contributed by atoms with Gasteiger partial charge in [0.15, 0.2) is 0 Å². The van der Waals surface area contributed by atoms with E-state index in [-0.39, 0.29) is 0 Å². The summed E-state index contributed by atoms with van der Waals surface area (Å²) in [6, 6.07) is 1.69. The van der Waals surface area contributed by atoms with Gasteiger partial charge in [0.1, 0.15) is 10.8 Å². The first-order chi connectivity index (χ1) is 7.69. The molecule has 4 nitrogen and oxygen atoms in total. The summed E-state index contributed by atoms with van der Waals surface area (Å²) in [7, 11) is 0. The van der Waals surface area contributed by atoms with Gasteiger partial charge in [-0.2, -0.15) is 0 Å². The number of pyridine rings is 1. The number of carbonyl (C=O) groups is 1. The largest absolute Gasteiger partial charge is 0.444 e. The van der Waals surface area contributed by atoms with E-state index < -0.39 is 11.7 Å². The highest BCUT2D eigenvalue weighted by atomic mass is 79.9. The van der Waals surface area contributed by atoms with Crippen LogP contribution in [-0.2, 0) is 4.74 Å². The van der Waals surface area contributed by atoms with Crippen molar-refractivity contribution in [1.82, 2.24) is 4.98 Å². The van der Waals surface area contributed by atoms with E-state index in [1.54, 1.807) is 33.8 Å². The maximum Gasteiger partial charge on any atom is 0.412 e. The van der Waals surface area contributed by atoms with Crippen molar-refractivity contribution < 1.29 is 9.53 Å². The fraction of sp³-hybridized carbons (Fsp3) is 0.455. The van der Waals surface area contributed by atoms with Crippen LogP contribution >= 0.6 is 27.5 Å². The molecule has 17 heavy (non-hydrogen) atoms. The number of hydrogen-bond donors (Lipinski definition) is 1. The normalized spacial score (nSPS) is 11.2. The minimum Gasteiger partial charge on any atom is -0.444 e. The van der Waals surface area contributed by atoms with Gasteiger partial charge in [-0.05, 0) is 49.7 Å². The molecule has 1 heterocycles. The molecule has 94 valence electrons. The first kappa shape index (κ1) is 14.3. The third-order valence-corrected chi connectivity index (χ3v) is 2.88. The van der Waals surface area contributed by atoms with Crippen molar-refractivity contribution in [1.29, 1.82) is 0 Å². The molecule has 1 aromatic heterocycles. The summed E-state index contributed by atoms with van der Waals surface area (Å²) in [5, 5.41) is 2.98. The molecule has 1 aromatic rings. The fourth-order valence-electron chi connectivity index (χ4n) is 1.09. The molecule has 0 radical (unpaired) electrons. The Bertz CT molecular complexity index is 444. The van der Waals surface area contributed by atoms with Crippen LogP contribution in [0, 0.1) is 6.92 Å². The molecular formula is C11H14BrClN2O2. The second kappa shape index (κ2) is 5.23. The molecule has 0 bridgehead atoms. The number of nitrogens with zero attached hydrogens (tertiary/aromatic N) is 1. The second-order valence-electron chi connectivity index (χ2n) is 4.52. The van der Waals surface area contributed by atoms with Crippen LogP contribution in [0.5, 0.6) is 0 Å². The molecule has 0 fully saturated rings. The molecule has 0 aliphatic heterocycles.